The highest BCUT2D eigenvalue weighted by atomic mass is 16.3. The summed E-state index contributed by atoms with van der Waals surface area (Å²) in [5, 5.41) is 14.4. The molecule has 12 aromatic rings. The van der Waals surface area contributed by atoms with Gasteiger partial charge in [0.25, 0.3) is 0 Å². The van der Waals surface area contributed by atoms with Crippen molar-refractivity contribution < 1.29 is 4.42 Å². The summed E-state index contributed by atoms with van der Waals surface area (Å²) in [6, 6.07) is 77.2. The van der Waals surface area contributed by atoms with E-state index in [1.54, 1.807) is 0 Å². The largest absolute Gasteiger partial charge is 0.456 e. The molecule has 0 aliphatic heterocycles. The van der Waals surface area contributed by atoms with Gasteiger partial charge in [-0.1, -0.05) is 152 Å². The van der Waals surface area contributed by atoms with E-state index in [1.165, 1.54) is 76.1 Å². The van der Waals surface area contributed by atoms with Gasteiger partial charge in [-0.2, -0.15) is 0 Å². The third kappa shape index (κ3) is 5.19. The Hall–Kier alpha value is -7.68. The first-order valence-corrected chi connectivity index (χ1v) is 19.9. The number of anilines is 3. The summed E-state index contributed by atoms with van der Waals surface area (Å²) in [7, 11) is 0. The molecular weight excluding hydrogens is 703 g/mol. The summed E-state index contributed by atoms with van der Waals surface area (Å²) in [5.74, 6) is 0. The number of nitrogens with zero attached hydrogens (tertiary/aromatic N) is 1. The van der Waals surface area contributed by atoms with E-state index >= 15 is 0 Å². The molecule has 12 rings (SSSR count). The Labute approximate surface area is 335 Å². The van der Waals surface area contributed by atoms with Gasteiger partial charge in [-0.05, 0) is 131 Å². The highest BCUT2D eigenvalue weighted by Gasteiger charge is 2.21. The summed E-state index contributed by atoms with van der Waals surface area (Å²) < 4.78 is 6.49. The molecule has 0 radical (unpaired) electrons. The molecule has 2 heteroatoms. The third-order valence-electron chi connectivity index (χ3n) is 12.0. The second-order valence-corrected chi connectivity index (χ2v) is 15.3. The van der Waals surface area contributed by atoms with Crippen LogP contribution in [0.15, 0.2) is 217 Å². The Morgan fingerprint density at radius 2 is 0.862 bits per heavy atom. The van der Waals surface area contributed by atoms with Crippen LogP contribution in [0, 0.1) is 0 Å². The molecule has 0 fully saturated rings. The Bertz CT molecular complexity index is 3580. The van der Waals surface area contributed by atoms with Crippen LogP contribution in [0.25, 0.3) is 98.1 Å². The van der Waals surface area contributed by atoms with Gasteiger partial charge in [-0.25, -0.2) is 0 Å². The van der Waals surface area contributed by atoms with Crippen LogP contribution in [0.5, 0.6) is 0 Å². The highest BCUT2D eigenvalue weighted by molar-refractivity contribution is 6.18. The van der Waals surface area contributed by atoms with E-state index in [2.05, 4.69) is 217 Å². The normalized spacial score (nSPS) is 11.8. The molecule has 58 heavy (non-hydrogen) atoms. The molecule has 0 spiro atoms. The van der Waals surface area contributed by atoms with Gasteiger partial charge in [0.05, 0.1) is 5.69 Å². The van der Waals surface area contributed by atoms with Crippen molar-refractivity contribution in [2.24, 2.45) is 0 Å². The van der Waals surface area contributed by atoms with Crippen molar-refractivity contribution in [1.29, 1.82) is 0 Å². The van der Waals surface area contributed by atoms with Crippen molar-refractivity contribution in [1.82, 2.24) is 0 Å². The van der Waals surface area contributed by atoms with Crippen LogP contribution >= 0.6 is 0 Å². The van der Waals surface area contributed by atoms with Crippen molar-refractivity contribution >= 4 is 92.9 Å². The number of fused-ring (bicyclic) bond motifs is 9. The Kier molecular flexibility index (Phi) is 7.26. The molecule has 1 aromatic heterocycles. The molecule has 270 valence electrons. The number of hydrogen-bond acceptors (Lipinski definition) is 2. The average Bonchev–Trinajstić information content (AvgIpc) is 3.64. The van der Waals surface area contributed by atoms with Crippen molar-refractivity contribution in [3.63, 3.8) is 0 Å². The van der Waals surface area contributed by atoms with E-state index in [9.17, 15) is 0 Å². The number of rotatable bonds is 5. The van der Waals surface area contributed by atoms with Crippen LogP contribution in [0.4, 0.5) is 17.1 Å². The lowest BCUT2D eigenvalue weighted by Crippen LogP contribution is -2.10. The second kappa shape index (κ2) is 12.9. The van der Waals surface area contributed by atoms with Crippen LogP contribution in [0.1, 0.15) is 0 Å². The third-order valence-corrected chi connectivity index (χ3v) is 12.0. The molecule has 2 nitrogen and oxygen atoms in total. The molecule has 0 unspecified atom stereocenters. The molecule has 0 amide bonds. The maximum Gasteiger partial charge on any atom is 0.136 e. The van der Waals surface area contributed by atoms with Crippen LogP contribution < -0.4 is 4.90 Å². The first-order valence-electron chi connectivity index (χ1n) is 19.9. The molecule has 11 aromatic carbocycles. The Morgan fingerprint density at radius 3 is 1.69 bits per heavy atom. The molecular formula is C56H35NO. The van der Waals surface area contributed by atoms with Gasteiger partial charge in [0, 0.05) is 27.5 Å². The number of hydrogen-bond donors (Lipinski definition) is 0. The van der Waals surface area contributed by atoms with Gasteiger partial charge in [0.1, 0.15) is 11.2 Å². The van der Waals surface area contributed by atoms with Crippen LogP contribution in [0.3, 0.4) is 0 Å². The van der Waals surface area contributed by atoms with Crippen LogP contribution in [-0.2, 0) is 0 Å². The molecule has 0 bridgehead atoms. The minimum Gasteiger partial charge on any atom is -0.456 e. The quantitative estimate of drug-likeness (QED) is 0.164. The fourth-order valence-electron chi connectivity index (χ4n) is 9.19. The van der Waals surface area contributed by atoms with E-state index in [0.29, 0.717) is 0 Å². The van der Waals surface area contributed by atoms with E-state index in [1.807, 2.05) is 0 Å². The molecule has 0 saturated heterocycles. The first-order chi connectivity index (χ1) is 28.7. The minimum absolute atomic E-state index is 0.879. The summed E-state index contributed by atoms with van der Waals surface area (Å²) in [6.07, 6.45) is 0. The summed E-state index contributed by atoms with van der Waals surface area (Å²) in [4.78, 5) is 2.43. The second-order valence-electron chi connectivity index (χ2n) is 15.3. The van der Waals surface area contributed by atoms with Gasteiger partial charge in [0.2, 0.25) is 0 Å². The van der Waals surface area contributed by atoms with E-state index in [0.717, 1.165) is 39.0 Å². The lowest BCUT2D eigenvalue weighted by atomic mass is 9.90. The maximum atomic E-state index is 6.49. The zero-order valence-electron chi connectivity index (χ0n) is 31.6. The molecule has 1 heterocycles. The molecule has 0 saturated carbocycles. The van der Waals surface area contributed by atoms with Gasteiger partial charge in [0.15, 0.2) is 0 Å². The average molecular weight is 738 g/mol. The lowest BCUT2D eigenvalue weighted by Gasteiger charge is -2.28. The van der Waals surface area contributed by atoms with Gasteiger partial charge in [-0.15, -0.1) is 0 Å². The first kappa shape index (κ1) is 32.6. The van der Waals surface area contributed by atoms with Crippen molar-refractivity contribution in [2.45, 2.75) is 0 Å². The highest BCUT2D eigenvalue weighted by Crippen LogP contribution is 2.46. The smallest absolute Gasteiger partial charge is 0.136 e. The number of benzene rings is 11. The monoisotopic (exact) mass is 737 g/mol. The fourth-order valence-corrected chi connectivity index (χ4v) is 9.19. The fraction of sp³-hybridized carbons (Fsp3) is 0. The standard InChI is InChI=1S/C56H35NO/c1-2-12-36(13-3-1)39-22-23-41-31-43(25-24-40(41)30-39)57(44-26-29-55-53(35-44)52-32-37-14-4-5-15-38(37)34-56(52)58-55)54-28-27-49(47-19-10-11-21-50(47)54)51-33-42-16-6-7-17-45(42)46-18-8-9-20-48(46)51/h1-35H. The number of furan rings is 1. The van der Waals surface area contributed by atoms with Crippen molar-refractivity contribution in [2.75, 3.05) is 4.90 Å². The summed E-state index contributed by atoms with van der Waals surface area (Å²) >= 11 is 0. The summed E-state index contributed by atoms with van der Waals surface area (Å²) in [5.41, 5.74) is 9.93. The summed E-state index contributed by atoms with van der Waals surface area (Å²) in [6.45, 7) is 0. The molecule has 0 aliphatic rings. The topological polar surface area (TPSA) is 16.4 Å². The Morgan fingerprint density at radius 1 is 0.276 bits per heavy atom. The Balaban J connectivity index is 1.09. The van der Waals surface area contributed by atoms with Gasteiger partial charge < -0.3 is 9.32 Å². The van der Waals surface area contributed by atoms with Gasteiger partial charge >= 0.3 is 0 Å². The van der Waals surface area contributed by atoms with Crippen LogP contribution in [-0.4, -0.2) is 0 Å². The maximum absolute atomic E-state index is 6.49. The minimum atomic E-state index is 0.879. The zero-order valence-corrected chi connectivity index (χ0v) is 31.6. The van der Waals surface area contributed by atoms with Gasteiger partial charge in [-0.3, -0.25) is 0 Å². The molecule has 0 atom stereocenters. The predicted octanol–water partition coefficient (Wildman–Crippen LogP) is 16.2. The predicted molar refractivity (Wildman–Crippen MR) is 247 cm³/mol. The van der Waals surface area contributed by atoms with Crippen molar-refractivity contribution in [3.05, 3.63) is 212 Å². The van der Waals surface area contributed by atoms with E-state index in [-0.39, 0.29) is 0 Å². The molecule has 0 aliphatic carbocycles. The van der Waals surface area contributed by atoms with E-state index in [4.69, 9.17) is 4.42 Å². The van der Waals surface area contributed by atoms with Crippen LogP contribution in [0.2, 0.25) is 0 Å². The lowest BCUT2D eigenvalue weighted by molar-refractivity contribution is 0.669. The van der Waals surface area contributed by atoms with E-state index < -0.39 is 0 Å². The SMILES string of the molecule is c1ccc(-c2ccc3cc(N(c4ccc5oc6cc7ccccc7cc6c5c4)c4ccc(-c5cc6ccccc6c6ccccc56)c5ccccc45)ccc3c2)cc1. The zero-order chi connectivity index (χ0) is 38.2. The molecule has 0 N–H and O–H groups in total. The van der Waals surface area contributed by atoms with Crippen molar-refractivity contribution in [3.8, 4) is 22.3 Å².